The summed E-state index contributed by atoms with van der Waals surface area (Å²) in [5.41, 5.74) is 5.91. The number of hydrogen-bond donors (Lipinski definition) is 1. The fourth-order valence-corrected chi connectivity index (χ4v) is 2.24. The molecule has 2 aromatic rings. The van der Waals surface area contributed by atoms with Crippen LogP contribution in [-0.4, -0.2) is 9.55 Å². The predicted molar refractivity (Wildman–Crippen MR) is 68.9 cm³/mol. The number of anilines is 1. The minimum Gasteiger partial charge on any atom is -0.397 e. The number of imidazole rings is 1. The fraction of sp³-hybridized carbons (Fsp3) is 0.462. The van der Waals surface area contributed by atoms with Gasteiger partial charge in [-0.05, 0) is 32.4 Å². The molecule has 1 aromatic carbocycles. The monoisotopic (exact) mass is 271 g/mol. The SMILES string of the molecule is CC[C@@H](C)n1c(C)nc2c(N)cc(C(F)(F)F)cc21. The van der Waals surface area contributed by atoms with Crippen molar-refractivity contribution in [1.29, 1.82) is 0 Å². The van der Waals surface area contributed by atoms with Crippen LogP contribution in [0, 0.1) is 6.92 Å². The summed E-state index contributed by atoms with van der Waals surface area (Å²) < 4.78 is 40.3. The average Bonchev–Trinajstić information content (AvgIpc) is 2.64. The van der Waals surface area contributed by atoms with Crippen molar-refractivity contribution in [1.82, 2.24) is 9.55 Å². The van der Waals surface area contributed by atoms with Crippen LogP contribution in [0.1, 0.15) is 37.7 Å². The van der Waals surface area contributed by atoms with E-state index in [0.29, 0.717) is 16.9 Å². The van der Waals surface area contributed by atoms with Crippen LogP contribution < -0.4 is 5.73 Å². The van der Waals surface area contributed by atoms with Crippen LogP contribution in [0.15, 0.2) is 12.1 Å². The minimum atomic E-state index is -4.40. The van der Waals surface area contributed by atoms with Crippen molar-refractivity contribution in [3.05, 3.63) is 23.5 Å². The lowest BCUT2D eigenvalue weighted by Crippen LogP contribution is -2.09. The Labute approximate surface area is 109 Å². The number of aromatic nitrogens is 2. The summed E-state index contributed by atoms with van der Waals surface area (Å²) in [5, 5.41) is 0. The molecule has 0 aliphatic heterocycles. The van der Waals surface area contributed by atoms with E-state index in [4.69, 9.17) is 5.73 Å². The topological polar surface area (TPSA) is 43.8 Å². The third-order valence-corrected chi connectivity index (χ3v) is 3.36. The van der Waals surface area contributed by atoms with Gasteiger partial charge in [0.25, 0.3) is 0 Å². The highest BCUT2D eigenvalue weighted by Gasteiger charge is 2.32. The maximum absolute atomic E-state index is 12.8. The molecule has 6 heteroatoms. The molecule has 0 spiro atoms. The summed E-state index contributed by atoms with van der Waals surface area (Å²) in [5.74, 6) is 0.676. The van der Waals surface area contributed by atoms with E-state index in [9.17, 15) is 13.2 Å². The van der Waals surface area contributed by atoms with Crippen molar-refractivity contribution in [2.75, 3.05) is 5.73 Å². The molecule has 0 amide bonds. The number of halogens is 3. The van der Waals surface area contributed by atoms with E-state index in [1.54, 1.807) is 11.5 Å². The quantitative estimate of drug-likeness (QED) is 0.841. The highest BCUT2D eigenvalue weighted by molar-refractivity contribution is 5.88. The maximum atomic E-state index is 12.8. The molecule has 1 aromatic heterocycles. The van der Waals surface area contributed by atoms with E-state index in [2.05, 4.69) is 4.98 Å². The van der Waals surface area contributed by atoms with Crippen molar-refractivity contribution in [3.8, 4) is 0 Å². The Morgan fingerprint density at radius 3 is 2.53 bits per heavy atom. The van der Waals surface area contributed by atoms with Crippen LogP contribution in [0.4, 0.5) is 18.9 Å². The molecular formula is C13H16F3N3. The predicted octanol–water partition coefficient (Wildman–Crippen LogP) is 3.92. The standard InChI is InChI=1S/C13H16F3N3/c1-4-7(2)19-8(3)18-12-10(17)5-9(6-11(12)19)13(14,15)16/h5-7H,4,17H2,1-3H3/t7-/m1/s1. The lowest BCUT2D eigenvalue weighted by molar-refractivity contribution is -0.137. The van der Waals surface area contributed by atoms with Crippen molar-refractivity contribution in [2.24, 2.45) is 0 Å². The van der Waals surface area contributed by atoms with Crippen LogP contribution in [-0.2, 0) is 6.18 Å². The van der Waals surface area contributed by atoms with Gasteiger partial charge in [-0.25, -0.2) is 4.98 Å². The Bertz CT molecular complexity index is 614. The van der Waals surface area contributed by atoms with Crippen LogP contribution >= 0.6 is 0 Å². The number of aryl methyl sites for hydroxylation is 1. The molecule has 0 saturated carbocycles. The molecule has 0 bridgehead atoms. The van der Waals surface area contributed by atoms with E-state index in [-0.39, 0.29) is 11.7 Å². The van der Waals surface area contributed by atoms with Crippen LogP contribution in [0.3, 0.4) is 0 Å². The van der Waals surface area contributed by atoms with E-state index in [0.717, 1.165) is 18.6 Å². The lowest BCUT2D eigenvalue weighted by atomic mass is 10.1. The Hall–Kier alpha value is -1.72. The number of fused-ring (bicyclic) bond motifs is 1. The summed E-state index contributed by atoms with van der Waals surface area (Å²) >= 11 is 0. The Morgan fingerprint density at radius 1 is 1.37 bits per heavy atom. The first-order valence-corrected chi connectivity index (χ1v) is 6.11. The van der Waals surface area contributed by atoms with E-state index in [1.165, 1.54) is 0 Å². The first kappa shape index (κ1) is 13.7. The molecule has 3 nitrogen and oxygen atoms in total. The second-order valence-corrected chi connectivity index (χ2v) is 4.72. The number of benzene rings is 1. The molecular weight excluding hydrogens is 255 g/mol. The van der Waals surface area contributed by atoms with Crippen molar-refractivity contribution >= 4 is 16.7 Å². The van der Waals surface area contributed by atoms with Gasteiger partial charge in [-0.3, -0.25) is 0 Å². The van der Waals surface area contributed by atoms with Crippen LogP contribution in [0.2, 0.25) is 0 Å². The van der Waals surface area contributed by atoms with Crippen molar-refractivity contribution in [3.63, 3.8) is 0 Å². The third-order valence-electron chi connectivity index (χ3n) is 3.36. The Balaban J connectivity index is 2.77. The van der Waals surface area contributed by atoms with Gasteiger partial charge in [0.15, 0.2) is 0 Å². The molecule has 104 valence electrons. The zero-order valence-corrected chi connectivity index (χ0v) is 11.0. The summed E-state index contributed by atoms with van der Waals surface area (Å²) in [7, 11) is 0. The summed E-state index contributed by atoms with van der Waals surface area (Å²) in [6.07, 6.45) is -3.59. The molecule has 0 radical (unpaired) electrons. The van der Waals surface area contributed by atoms with Crippen LogP contribution in [0.25, 0.3) is 11.0 Å². The van der Waals surface area contributed by atoms with E-state index >= 15 is 0 Å². The summed E-state index contributed by atoms with van der Waals surface area (Å²) in [6, 6.07) is 2.14. The molecule has 19 heavy (non-hydrogen) atoms. The molecule has 0 aliphatic carbocycles. The fourth-order valence-electron chi connectivity index (χ4n) is 2.24. The molecule has 0 unspecified atom stereocenters. The normalized spacial score (nSPS) is 14.0. The van der Waals surface area contributed by atoms with Crippen LogP contribution in [0.5, 0.6) is 0 Å². The molecule has 1 atom stereocenters. The van der Waals surface area contributed by atoms with E-state index in [1.807, 2.05) is 13.8 Å². The van der Waals surface area contributed by atoms with Gasteiger partial charge < -0.3 is 10.3 Å². The van der Waals surface area contributed by atoms with Gasteiger partial charge in [0, 0.05) is 6.04 Å². The Kier molecular flexibility index (Phi) is 3.20. The lowest BCUT2D eigenvalue weighted by Gasteiger charge is -2.15. The highest BCUT2D eigenvalue weighted by atomic mass is 19.4. The molecule has 0 saturated heterocycles. The third kappa shape index (κ3) is 2.27. The van der Waals surface area contributed by atoms with Gasteiger partial charge in [0.05, 0.1) is 16.8 Å². The molecule has 0 aliphatic rings. The highest BCUT2D eigenvalue weighted by Crippen LogP contribution is 2.35. The molecule has 2 rings (SSSR count). The molecule has 1 heterocycles. The smallest absolute Gasteiger partial charge is 0.397 e. The maximum Gasteiger partial charge on any atom is 0.416 e. The average molecular weight is 271 g/mol. The number of alkyl halides is 3. The van der Waals surface area contributed by atoms with Gasteiger partial charge in [-0.2, -0.15) is 13.2 Å². The Morgan fingerprint density at radius 2 is 2.00 bits per heavy atom. The van der Waals surface area contributed by atoms with Gasteiger partial charge >= 0.3 is 6.18 Å². The number of nitrogens with two attached hydrogens (primary N) is 1. The number of nitrogens with zero attached hydrogens (tertiary/aromatic N) is 2. The second-order valence-electron chi connectivity index (χ2n) is 4.72. The summed E-state index contributed by atoms with van der Waals surface area (Å²) in [4.78, 5) is 4.28. The first-order valence-electron chi connectivity index (χ1n) is 6.11. The number of nitrogen functional groups attached to an aromatic ring is 1. The second kappa shape index (κ2) is 4.43. The largest absolute Gasteiger partial charge is 0.416 e. The van der Waals surface area contributed by atoms with Crippen molar-refractivity contribution < 1.29 is 13.2 Å². The van der Waals surface area contributed by atoms with Gasteiger partial charge in [0.2, 0.25) is 0 Å². The molecule has 0 fully saturated rings. The van der Waals surface area contributed by atoms with Gasteiger partial charge in [-0.15, -0.1) is 0 Å². The number of rotatable bonds is 2. The number of hydrogen-bond acceptors (Lipinski definition) is 2. The molecule has 2 N–H and O–H groups in total. The minimum absolute atomic E-state index is 0.0648. The van der Waals surface area contributed by atoms with E-state index < -0.39 is 11.7 Å². The van der Waals surface area contributed by atoms with Gasteiger partial charge in [0.1, 0.15) is 11.3 Å². The zero-order valence-electron chi connectivity index (χ0n) is 11.0. The zero-order chi connectivity index (χ0) is 14.4. The van der Waals surface area contributed by atoms with Gasteiger partial charge in [-0.1, -0.05) is 6.92 Å². The first-order chi connectivity index (χ1) is 8.75. The summed E-state index contributed by atoms with van der Waals surface area (Å²) in [6.45, 7) is 5.70. The van der Waals surface area contributed by atoms with Crippen molar-refractivity contribution in [2.45, 2.75) is 39.4 Å².